The lowest BCUT2D eigenvalue weighted by molar-refractivity contribution is -0.929. The Morgan fingerprint density at radius 3 is 1.08 bits per heavy atom. The zero-order valence-electron chi connectivity index (χ0n) is 37.2. The first-order valence-corrected chi connectivity index (χ1v) is 20.2. The van der Waals surface area contributed by atoms with Crippen LogP contribution in [0.25, 0.3) is 0 Å². The third-order valence-corrected chi connectivity index (χ3v) is 10.0. The fourth-order valence-electron chi connectivity index (χ4n) is 5.25. The van der Waals surface area contributed by atoms with E-state index >= 15 is 0 Å². The van der Waals surface area contributed by atoms with Crippen molar-refractivity contribution in [3.63, 3.8) is 0 Å². The van der Waals surface area contributed by atoms with E-state index in [1.807, 2.05) is 55.4 Å². The van der Waals surface area contributed by atoms with Crippen LogP contribution in [0.1, 0.15) is 95.9 Å². The van der Waals surface area contributed by atoms with Crippen molar-refractivity contribution >= 4 is 0 Å². The molecular weight excluding hydrogens is 592 g/mol. The maximum atomic E-state index is 2.52. The molecule has 0 N–H and O–H groups in total. The van der Waals surface area contributed by atoms with Crippen molar-refractivity contribution in [1.82, 2.24) is 29.4 Å². The topological polar surface area (TPSA) is 19.4 Å². The average Bonchev–Trinajstić information content (AvgIpc) is 3.09. The highest BCUT2D eigenvalue weighted by Crippen LogP contribution is 2.13. The third kappa shape index (κ3) is 26.9. The summed E-state index contributed by atoms with van der Waals surface area (Å²) < 4.78 is 2.36. The van der Waals surface area contributed by atoms with Gasteiger partial charge in [0.2, 0.25) is 0 Å². The van der Waals surface area contributed by atoms with Crippen LogP contribution in [0.4, 0.5) is 0 Å². The van der Waals surface area contributed by atoms with Gasteiger partial charge in [-0.25, -0.2) is 0 Å². The van der Waals surface area contributed by atoms with E-state index in [2.05, 4.69) is 126 Å². The van der Waals surface area contributed by atoms with E-state index in [0.29, 0.717) is 12.1 Å². The van der Waals surface area contributed by atoms with Gasteiger partial charge >= 0.3 is 0 Å². The van der Waals surface area contributed by atoms with Crippen LogP contribution < -0.4 is 0 Å². The summed E-state index contributed by atoms with van der Waals surface area (Å²) in [5.41, 5.74) is 0. The Bertz CT molecular complexity index is 688. The molecule has 8 heteroatoms. The summed E-state index contributed by atoms with van der Waals surface area (Å²) in [7, 11) is 18.2. The van der Waals surface area contributed by atoms with Crippen LogP contribution in [0.2, 0.25) is 0 Å². The van der Waals surface area contributed by atoms with Gasteiger partial charge in [-0.1, -0.05) is 55.4 Å². The van der Waals surface area contributed by atoms with E-state index in [4.69, 9.17) is 0 Å². The Balaban J connectivity index is -0.000000334. The quantitative estimate of drug-likeness (QED) is 0.301. The van der Waals surface area contributed by atoms with Gasteiger partial charge in [-0.3, -0.25) is 4.90 Å². The highest BCUT2D eigenvalue weighted by Gasteiger charge is 2.27. The van der Waals surface area contributed by atoms with Crippen molar-refractivity contribution in [1.29, 1.82) is 0 Å². The second kappa shape index (κ2) is 33.3. The summed E-state index contributed by atoms with van der Waals surface area (Å²) in [5, 5.41) is 0. The molecule has 0 bridgehead atoms. The van der Waals surface area contributed by atoms with Crippen LogP contribution in [0.3, 0.4) is 0 Å². The van der Waals surface area contributed by atoms with E-state index in [1.54, 1.807) is 0 Å². The van der Waals surface area contributed by atoms with Crippen LogP contribution >= 0.6 is 0 Å². The van der Waals surface area contributed by atoms with Gasteiger partial charge in [0.05, 0.1) is 58.9 Å². The molecule has 1 fully saturated rings. The summed E-state index contributed by atoms with van der Waals surface area (Å²) in [6.45, 7) is 42.2. The molecule has 0 saturated carbocycles. The Labute approximate surface area is 306 Å². The average molecular weight is 689 g/mol. The number of hydrogen-bond acceptors (Lipinski definition) is 6. The largest absolute Gasteiger partial charge is 0.378 e. The minimum atomic E-state index is 0.677. The lowest BCUT2D eigenvalue weighted by Gasteiger charge is -2.41. The molecule has 2 atom stereocenters. The van der Waals surface area contributed by atoms with Crippen molar-refractivity contribution in [3.8, 4) is 0 Å². The standard InChI is InChI=1S/C17H39N4.C15H33N4.4C2H6/c1-17(2)21(6)15-8-11-19(4)13-12-18(3)9-7-10-20(5)14-16-21;1-15(2)19(6)13-11-17(4)9-7-16(3)8-10-18(5)12-14-19;4*1-2/h17H,7-16H2,1-6H3;7,9,15H,8,10-14H2,1-6H3;4*1-2H3/q2*+1;;;;/t21-;19-;;;;/m00..../s1. The van der Waals surface area contributed by atoms with E-state index in [1.165, 1.54) is 89.3 Å². The zero-order valence-corrected chi connectivity index (χ0v) is 37.2. The summed E-state index contributed by atoms with van der Waals surface area (Å²) in [6, 6.07) is 1.39. The van der Waals surface area contributed by atoms with Crippen LogP contribution in [-0.2, 0) is 0 Å². The van der Waals surface area contributed by atoms with Gasteiger partial charge in [-0.15, -0.1) is 0 Å². The normalized spacial score (nSPS) is 25.0. The van der Waals surface area contributed by atoms with E-state index < -0.39 is 0 Å². The van der Waals surface area contributed by atoms with Crippen LogP contribution in [0, 0.1) is 0 Å². The van der Waals surface area contributed by atoms with Crippen molar-refractivity contribution < 1.29 is 8.97 Å². The molecule has 2 rings (SSSR count). The molecule has 0 unspecified atom stereocenters. The predicted molar refractivity (Wildman–Crippen MR) is 221 cm³/mol. The number of quaternary nitrogens is 2. The fourth-order valence-corrected chi connectivity index (χ4v) is 5.25. The number of likely N-dealkylation sites (N-methyl/N-ethyl adjacent to an activating group) is 8. The van der Waals surface area contributed by atoms with Gasteiger partial charge in [0.15, 0.2) is 0 Å². The molecule has 0 aliphatic carbocycles. The number of nitrogens with zero attached hydrogens (tertiary/aromatic N) is 8. The summed E-state index contributed by atoms with van der Waals surface area (Å²) in [6.07, 6.45) is 6.97. The van der Waals surface area contributed by atoms with Gasteiger partial charge in [0.25, 0.3) is 0 Å². The molecule has 0 spiro atoms. The van der Waals surface area contributed by atoms with Crippen molar-refractivity contribution in [2.75, 3.05) is 148 Å². The number of hydrogen-bond donors (Lipinski definition) is 0. The molecule has 8 nitrogen and oxygen atoms in total. The first-order chi connectivity index (χ1) is 22.7. The molecule has 1 saturated heterocycles. The van der Waals surface area contributed by atoms with Crippen molar-refractivity contribution in [3.05, 3.63) is 12.4 Å². The lowest BCUT2D eigenvalue weighted by atomic mass is 10.2. The molecule has 2 aliphatic heterocycles. The van der Waals surface area contributed by atoms with Crippen LogP contribution in [0.15, 0.2) is 12.4 Å². The van der Waals surface area contributed by atoms with Gasteiger partial charge in [0, 0.05) is 78.7 Å². The minimum absolute atomic E-state index is 0.677. The number of rotatable bonds is 2. The van der Waals surface area contributed by atoms with E-state index in [0.717, 1.165) is 24.1 Å². The van der Waals surface area contributed by atoms with Crippen molar-refractivity contribution in [2.45, 2.75) is 108 Å². The summed E-state index contributed by atoms with van der Waals surface area (Å²) >= 11 is 0. The monoisotopic (exact) mass is 689 g/mol. The molecule has 0 aromatic rings. The predicted octanol–water partition coefficient (Wildman–Crippen LogP) is 6.66. The molecule has 0 aromatic carbocycles. The van der Waals surface area contributed by atoms with Crippen LogP contribution in [0.5, 0.6) is 0 Å². The Morgan fingerprint density at radius 2 is 0.667 bits per heavy atom. The second-order valence-electron chi connectivity index (χ2n) is 14.2. The highest BCUT2D eigenvalue weighted by molar-refractivity contribution is 4.80. The molecule has 2 heterocycles. The first kappa shape index (κ1) is 53.9. The minimum Gasteiger partial charge on any atom is -0.378 e. The lowest BCUT2D eigenvalue weighted by Crippen LogP contribution is -2.55. The fraction of sp³-hybridized carbons (Fsp3) is 0.950. The second-order valence-corrected chi connectivity index (χ2v) is 14.2. The summed E-state index contributed by atoms with van der Waals surface area (Å²) in [4.78, 5) is 14.5. The Morgan fingerprint density at radius 1 is 0.375 bits per heavy atom. The van der Waals surface area contributed by atoms with Crippen molar-refractivity contribution in [2.24, 2.45) is 0 Å². The zero-order chi connectivity index (χ0) is 38.3. The molecule has 0 aromatic heterocycles. The van der Waals surface area contributed by atoms with Gasteiger partial charge < -0.3 is 33.5 Å². The third-order valence-electron chi connectivity index (χ3n) is 10.0. The summed E-state index contributed by atoms with van der Waals surface area (Å²) in [5.74, 6) is 0. The molecular formula is C40H96N8+2. The Kier molecular flexibility index (Phi) is 37.3. The molecule has 294 valence electrons. The Hall–Kier alpha value is -0.900. The first-order valence-electron chi connectivity index (χ1n) is 20.2. The molecule has 0 amide bonds. The van der Waals surface area contributed by atoms with Gasteiger partial charge in [-0.2, -0.15) is 0 Å². The maximum absolute atomic E-state index is 2.52. The maximum Gasteiger partial charge on any atom is 0.0964 e. The van der Waals surface area contributed by atoms with E-state index in [-0.39, 0.29) is 0 Å². The van der Waals surface area contributed by atoms with Crippen LogP contribution in [-0.4, -0.2) is 198 Å². The van der Waals surface area contributed by atoms with Gasteiger partial charge in [0.1, 0.15) is 0 Å². The SMILES string of the molecule is CC.CC.CC.CC.CC(C)[N@@+]1(C)CCCN(C)CCN(C)CCCN(C)CC1.CC(C)[N@@+]1(C)CCN(C)C=CN(C)CCN(C)CC1. The smallest absolute Gasteiger partial charge is 0.0964 e. The molecule has 2 aliphatic rings. The van der Waals surface area contributed by atoms with E-state index in [9.17, 15) is 0 Å². The van der Waals surface area contributed by atoms with Gasteiger partial charge in [-0.05, 0) is 75.4 Å². The highest BCUT2D eigenvalue weighted by atomic mass is 15.4. The molecule has 0 radical (unpaired) electrons. The molecule has 48 heavy (non-hydrogen) atoms.